The number of aromatic nitrogens is 2. The van der Waals surface area contributed by atoms with Crippen LogP contribution in [0.3, 0.4) is 0 Å². The van der Waals surface area contributed by atoms with E-state index in [0.717, 1.165) is 28.3 Å². The van der Waals surface area contributed by atoms with Crippen molar-refractivity contribution in [1.29, 1.82) is 0 Å². The normalized spacial score (nSPS) is 20.2. The number of nitrogens with zero attached hydrogens (tertiary/aromatic N) is 2. The van der Waals surface area contributed by atoms with E-state index in [2.05, 4.69) is 44.0 Å². The predicted octanol–water partition coefficient (Wildman–Crippen LogP) is 3.64. The van der Waals surface area contributed by atoms with Gasteiger partial charge in [0.1, 0.15) is 5.82 Å². The highest BCUT2D eigenvalue weighted by Crippen LogP contribution is 2.28. The van der Waals surface area contributed by atoms with E-state index in [9.17, 15) is 0 Å². The number of aromatic amines is 1. The van der Waals surface area contributed by atoms with Crippen LogP contribution < -0.4 is 10.6 Å². The third-order valence-corrected chi connectivity index (χ3v) is 5.51. The van der Waals surface area contributed by atoms with Crippen LogP contribution in [-0.2, 0) is 6.54 Å². The summed E-state index contributed by atoms with van der Waals surface area (Å²) in [7, 11) is 1.81. The van der Waals surface area contributed by atoms with Gasteiger partial charge < -0.3 is 15.6 Å². The molecule has 3 N–H and O–H groups in total. The minimum Gasteiger partial charge on any atom is -0.354 e. The Kier molecular flexibility index (Phi) is 8.08. The number of rotatable bonds is 5. The van der Waals surface area contributed by atoms with Crippen LogP contribution in [0.15, 0.2) is 41.5 Å². The lowest BCUT2D eigenvalue weighted by atomic mass is 10.2. The summed E-state index contributed by atoms with van der Waals surface area (Å²) >= 11 is 1.97. The van der Waals surface area contributed by atoms with Crippen LogP contribution in [-0.4, -0.2) is 40.5 Å². The quantitative estimate of drug-likeness (QED) is 0.354. The van der Waals surface area contributed by atoms with Gasteiger partial charge in [0.2, 0.25) is 0 Å². The summed E-state index contributed by atoms with van der Waals surface area (Å²) in [6.45, 7) is 0.630. The molecule has 1 fully saturated rings. The maximum absolute atomic E-state index is 4.45. The van der Waals surface area contributed by atoms with E-state index in [4.69, 9.17) is 0 Å². The Labute approximate surface area is 170 Å². The van der Waals surface area contributed by atoms with Crippen LogP contribution in [0.1, 0.15) is 25.1 Å². The first-order chi connectivity index (χ1) is 11.8. The lowest BCUT2D eigenvalue weighted by Crippen LogP contribution is -2.42. The van der Waals surface area contributed by atoms with E-state index < -0.39 is 0 Å². The fourth-order valence-electron chi connectivity index (χ4n) is 3.06. The fourth-order valence-corrected chi connectivity index (χ4v) is 3.85. The number of H-pyrrole nitrogens is 1. The Balaban J connectivity index is 0.00000225. The van der Waals surface area contributed by atoms with Crippen LogP contribution in [0.5, 0.6) is 0 Å². The van der Waals surface area contributed by atoms with Gasteiger partial charge in [-0.1, -0.05) is 30.3 Å². The van der Waals surface area contributed by atoms with Crippen LogP contribution in [0.2, 0.25) is 0 Å². The van der Waals surface area contributed by atoms with Crippen molar-refractivity contribution in [2.75, 3.05) is 13.3 Å². The van der Waals surface area contributed by atoms with E-state index in [1.807, 2.05) is 43.2 Å². The smallest absolute Gasteiger partial charge is 0.191 e. The van der Waals surface area contributed by atoms with Gasteiger partial charge in [0.05, 0.1) is 18.4 Å². The number of hydrogen-bond donors (Lipinski definition) is 3. The lowest BCUT2D eigenvalue weighted by Gasteiger charge is -2.16. The average Bonchev–Trinajstić information content (AvgIpc) is 3.28. The third kappa shape index (κ3) is 5.64. The molecule has 0 amide bonds. The zero-order valence-electron chi connectivity index (χ0n) is 14.7. The number of nitrogens with one attached hydrogen (secondary N) is 3. The van der Waals surface area contributed by atoms with Gasteiger partial charge in [0.25, 0.3) is 0 Å². The van der Waals surface area contributed by atoms with E-state index in [1.165, 1.54) is 19.3 Å². The van der Waals surface area contributed by atoms with Crippen molar-refractivity contribution in [3.05, 3.63) is 42.4 Å². The molecule has 3 rings (SSSR count). The zero-order chi connectivity index (χ0) is 16.8. The first kappa shape index (κ1) is 20.1. The van der Waals surface area contributed by atoms with Crippen LogP contribution in [0.4, 0.5) is 0 Å². The summed E-state index contributed by atoms with van der Waals surface area (Å²) in [5.41, 5.74) is 2.18. The summed E-state index contributed by atoms with van der Waals surface area (Å²) in [6, 6.07) is 10.8. The summed E-state index contributed by atoms with van der Waals surface area (Å²) in [6.07, 6.45) is 7.78. The van der Waals surface area contributed by atoms with Crippen molar-refractivity contribution in [3.63, 3.8) is 0 Å². The number of hydrogen-bond acceptors (Lipinski definition) is 3. The van der Waals surface area contributed by atoms with E-state index >= 15 is 0 Å². The molecule has 0 spiro atoms. The van der Waals surface area contributed by atoms with E-state index in [0.29, 0.717) is 12.6 Å². The highest BCUT2D eigenvalue weighted by molar-refractivity contribution is 14.0. The Bertz CT molecular complexity index is 673. The van der Waals surface area contributed by atoms with Gasteiger partial charge >= 0.3 is 0 Å². The summed E-state index contributed by atoms with van der Waals surface area (Å²) in [5, 5.41) is 7.65. The summed E-state index contributed by atoms with van der Waals surface area (Å²) in [4.78, 5) is 12.1. The van der Waals surface area contributed by atoms with Gasteiger partial charge in [-0.2, -0.15) is 11.8 Å². The second-order valence-electron chi connectivity index (χ2n) is 6.05. The largest absolute Gasteiger partial charge is 0.354 e. The maximum atomic E-state index is 4.45. The van der Waals surface area contributed by atoms with Crippen molar-refractivity contribution < 1.29 is 0 Å². The molecule has 7 heteroatoms. The van der Waals surface area contributed by atoms with Crippen molar-refractivity contribution >= 4 is 41.7 Å². The van der Waals surface area contributed by atoms with Gasteiger partial charge in [-0.05, 0) is 31.1 Å². The van der Waals surface area contributed by atoms with Crippen molar-refractivity contribution in [2.24, 2.45) is 4.99 Å². The predicted molar refractivity (Wildman–Crippen MR) is 118 cm³/mol. The van der Waals surface area contributed by atoms with Crippen LogP contribution >= 0.6 is 35.7 Å². The molecule has 2 unspecified atom stereocenters. The number of benzene rings is 1. The molecule has 136 valence electrons. The molecule has 2 atom stereocenters. The molecule has 1 saturated carbocycles. The van der Waals surface area contributed by atoms with Crippen LogP contribution in [0.25, 0.3) is 11.3 Å². The minimum absolute atomic E-state index is 0. The van der Waals surface area contributed by atoms with Gasteiger partial charge in [-0.15, -0.1) is 24.0 Å². The Morgan fingerprint density at radius 1 is 1.32 bits per heavy atom. The van der Waals surface area contributed by atoms with Crippen LogP contribution in [0, 0.1) is 0 Å². The van der Waals surface area contributed by atoms with E-state index in [1.54, 1.807) is 0 Å². The Morgan fingerprint density at radius 2 is 2.12 bits per heavy atom. The standard InChI is InChI=1S/C18H25N5S.HI/c1-19-18(22-14-8-9-15(10-14)24-2)21-12-17-20-11-16(23-17)13-6-4-3-5-7-13;/h3-7,11,14-15H,8-10,12H2,1-2H3,(H,20,23)(H2,19,21,22);1H. The number of imidazole rings is 1. The zero-order valence-corrected chi connectivity index (χ0v) is 17.8. The molecule has 1 aliphatic rings. The highest BCUT2D eigenvalue weighted by Gasteiger charge is 2.24. The topological polar surface area (TPSA) is 65.1 Å². The molecule has 0 aliphatic heterocycles. The number of thioether (sulfide) groups is 1. The molecule has 2 aromatic rings. The van der Waals surface area contributed by atoms with Crippen molar-refractivity contribution in [1.82, 2.24) is 20.6 Å². The first-order valence-corrected chi connectivity index (χ1v) is 9.66. The summed E-state index contributed by atoms with van der Waals surface area (Å²) < 4.78 is 0. The number of aliphatic imine (C=N–C) groups is 1. The average molecular weight is 471 g/mol. The maximum Gasteiger partial charge on any atom is 0.191 e. The van der Waals surface area contributed by atoms with Crippen molar-refractivity contribution in [2.45, 2.75) is 37.1 Å². The molecule has 0 bridgehead atoms. The minimum atomic E-state index is 0. The molecule has 1 aromatic heterocycles. The Hall–Kier alpha value is -1.22. The second-order valence-corrected chi connectivity index (χ2v) is 7.19. The molecule has 0 radical (unpaired) electrons. The molecule has 1 heterocycles. The third-order valence-electron chi connectivity index (χ3n) is 4.42. The SMILES string of the molecule is CN=C(NCc1ncc(-c2ccccc2)[nH]1)NC1CCC(SC)C1.I. The molecule has 5 nitrogen and oxygen atoms in total. The molecular weight excluding hydrogens is 445 g/mol. The molecule has 1 aromatic carbocycles. The number of halogens is 1. The lowest BCUT2D eigenvalue weighted by molar-refractivity contribution is 0.613. The molecule has 0 saturated heterocycles. The van der Waals surface area contributed by atoms with E-state index in [-0.39, 0.29) is 24.0 Å². The molecular formula is C18H26IN5S. The summed E-state index contributed by atoms with van der Waals surface area (Å²) in [5.74, 6) is 1.75. The fraction of sp³-hybridized carbons (Fsp3) is 0.444. The monoisotopic (exact) mass is 471 g/mol. The van der Waals surface area contributed by atoms with Gasteiger partial charge in [-0.25, -0.2) is 4.98 Å². The molecule has 1 aliphatic carbocycles. The van der Waals surface area contributed by atoms with Gasteiger partial charge in [0.15, 0.2) is 5.96 Å². The second kappa shape index (κ2) is 10.1. The van der Waals surface area contributed by atoms with Crippen molar-refractivity contribution in [3.8, 4) is 11.3 Å². The highest BCUT2D eigenvalue weighted by atomic mass is 127. The Morgan fingerprint density at radius 3 is 2.80 bits per heavy atom. The molecule has 25 heavy (non-hydrogen) atoms. The van der Waals surface area contributed by atoms with Gasteiger partial charge in [-0.3, -0.25) is 4.99 Å². The number of guanidine groups is 1. The van der Waals surface area contributed by atoms with Gasteiger partial charge in [0, 0.05) is 18.3 Å². The first-order valence-electron chi connectivity index (χ1n) is 8.37.